The highest BCUT2D eigenvalue weighted by Gasteiger charge is 2.49. The molecule has 0 saturated heterocycles. The van der Waals surface area contributed by atoms with Gasteiger partial charge >= 0.3 is 15.6 Å². The van der Waals surface area contributed by atoms with Gasteiger partial charge < -0.3 is 4.18 Å². The van der Waals surface area contributed by atoms with E-state index in [9.17, 15) is 21.6 Å². The predicted octanol–water partition coefficient (Wildman–Crippen LogP) is 3.03. The average Bonchev–Trinajstić information content (AvgIpc) is 2.38. The molecule has 0 saturated carbocycles. The van der Waals surface area contributed by atoms with Gasteiger partial charge in [-0.1, -0.05) is 34.2 Å². The van der Waals surface area contributed by atoms with E-state index in [1.54, 1.807) is 6.08 Å². The van der Waals surface area contributed by atoms with Crippen LogP contribution in [0.15, 0.2) is 35.0 Å². The van der Waals surface area contributed by atoms with Gasteiger partial charge in [0.1, 0.15) is 0 Å². The summed E-state index contributed by atoms with van der Waals surface area (Å²) in [6.07, 6.45) is 7.40. The first-order valence-corrected chi connectivity index (χ1v) is 7.76. The lowest BCUT2D eigenvalue weighted by Crippen LogP contribution is -2.28. The summed E-state index contributed by atoms with van der Waals surface area (Å²) in [6.45, 7) is 0. The monoisotopic (exact) mass is 384 g/mol. The second-order valence-corrected chi connectivity index (χ2v) is 6.55. The summed E-state index contributed by atoms with van der Waals surface area (Å²) in [5, 5.41) is 6.72. The van der Waals surface area contributed by atoms with Crippen molar-refractivity contribution in [3.05, 3.63) is 40.5 Å². The van der Waals surface area contributed by atoms with Gasteiger partial charge in [0, 0.05) is 16.5 Å². The van der Waals surface area contributed by atoms with Crippen LogP contribution >= 0.6 is 15.9 Å². The number of hydrogen-bond acceptors (Lipinski definition) is 5. The van der Waals surface area contributed by atoms with E-state index in [2.05, 4.69) is 30.3 Å². The van der Waals surface area contributed by atoms with E-state index in [1.165, 1.54) is 6.20 Å². The highest BCUT2D eigenvalue weighted by atomic mass is 79.9. The van der Waals surface area contributed by atoms with E-state index in [0.717, 1.165) is 10.5 Å². The minimum Gasteiger partial charge on any atom is -0.354 e. The van der Waals surface area contributed by atoms with Crippen LogP contribution in [0.25, 0.3) is 0 Å². The summed E-state index contributed by atoms with van der Waals surface area (Å²) in [5.41, 5.74) is -5.01. The summed E-state index contributed by atoms with van der Waals surface area (Å²) in [4.78, 5) is 0. The van der Waals surface area contributed by atoms with Crippen LogP contribution < -0.4 is 4.18 Å². The molecule has 1 unspecified atom stereocenters. The molecule has 10 heteroatoms. The molecule has 1 heterocycles. The SMILES string of the molecule is O=S(=O)(Oc1cc(C2C=CC(Br)=CC2)cnn1)C(F)(F)F. The first-order chi connectivity index (χ1) is 9.69. The Morgan fingerprint density at radius 1 is 1.38 bits per heavy atom. The molecule has 1 aromatic rings. The molecule has 0 aromatic carbocycles. The fourth-order valence-corrected chi connectivity index (χ4v) is 2.35. The van der Waals surface area contributed by atoms with Crippen LogP contribution in [0.2, 0.25) is 0 Å². The van der Waals surface area contributed by atoms with E-state index >= 15 is 0 Å². The Bertz CT molecular complexity index is 701. The molecule has 0 fully saturated rings. The molecule has 114 valence electrons. The van der Waals surface area contributed by atoms with Gasteiger partial charge in [-0.3, -0.25) is 0 Å². The molecule has 2 rings (SSSR count). The zero-order valence-corrected chi connectivity index (χ0v) is 12.6. The maximum absolute atomic E-state index is 12.2. The Hall–Kier alpha value is -1.42. The van der Waals surface area contributed by atoms with Gasteiger partial charge in [-0.25, -0.2) is 0 Å². The lowest BCUT2D eigenvalue weighted by Gasteiger charge is -2.15. The molecule has 0 N–H and O–H groups in total. The highest BCUT2D eigenvalue weighted by Crippen LogP contribution is 2.31. The minimum atomic E-state index is -5.75. The lowest BCUT2D eigenvalue weighted by molar-refractivity contribution is -0.0501. The molecule has 1 aromatic heterocycles. The summed E-state index contributed by atoms with van der Waals surface area (Å²) in [5.74, 6) is -0.857. The smallest absolute Gasteiger partial charge is 0.354 e. The first kappa shape index (κ1) is 16.0. The zero-order chi connectivity index (χ0) is 15.7. The predicted molar refractivity (Wildman–Crippen MR) is 71.1 cm³/mol. The molecular weight excluding hydrogens is 377 g/mol. The van der Waals surface area contributed by atoms with Gasteiger partial charge in [0.05, 0.1) is 6.20 Å². The summed E-state index contributed by atoms with van der Waals surface area (Å²) in [6, 6.07) is 1.12. The van der Waals surface area contributed by atoms with Gasteiger partial charge in [0.15, 0.2) is 0 Å². The molecule has 0 aliphatic heterocycles. The fraction of sp³-hybridized carbons (Fsp3) is 0.273. The lowest BCUT2D eigenvalue weighted by atomic mass is 9.94. The van der Waals surface area contributed by atoms with E-state index in [4.69, 9.17) is 0 Å². The second kappa shape index (κ2) is 5.76. The van der Waals surface area contributed by atoms with Crippen molar-refractivity contribution in [2.75, 3.05) is 0 Å². The average molecular weight is 385 g/mol. The molecule has 1 atom stereocenters. The van der Waals surface area contributed by atoms with E-state index in [0.29, 0.717) is 12.0 Å². The van der Waals surface area contributed by atoms with Crippen LogP contribution in [0.1, 0.15) is 17.9 Å². The highest BCUT2D eigenvalue weighted by molar-refractivity contribution is 9.11. The fourth-order valence-electron chi connectivity index (χ4n) is 1.61. The second-order valence-electron chi connectivity index (χ2n) is 4.10. The Morgan fingerprint density at radius 2 is 2.10 bits per heavy atom. The van der Waals surface area contributed by atoms with Crippen molar-refractivity contribution < 1.29 is 25.8 Å². The maximum Gasteiger partial charge on any atom is 0.534 e. The van der Waals surface area contributed by atoms with Gasteiger partial charge in [0.25, 0.3) is 5.88 Å². The Kier molecular flexibility index (Phi) is 4.38. The Morgan fingerprint density at radius 3 is 2.67 bits per heavy atom. The third-order valence-corrected chi connectivity index (χ3v) is 4.16. The minimum absolute atomic E-state index is 0.141. The number of aromatic nitrogens is 2. The van der Waals surface area contributed by atoms with Crippen molar-refractivity contribution in [3.8, 4) is 5.88 Å². The van der Waals surface area contributed by atoms with Crippen LogP contribution in [0.3, 0.4) is 0 Å². The van der Waals surface area contributed by atoms with Crippen molar-refractivity contribution in [1.29, 1.82) is 0 Å². The molecule has 0 bridgehead atoms. The van der Waals surface area contributed by atoms with Gasteiger partial charge in [-0.2, -0.15) is 26.7 Å². The molecule has 0 amide bonds. The van der Waals surface area contributed by atoms with Gasteiger partial charge in [-0.05, 0) is 12.0 Å². The van der Waals surface area contributed by atoms with Crippen LogP contribution in [-0.2, 0) is 10.1 Å². The molecule has 21 heavy (non-hydrogen) atoms. The zero-order valence-electron chi connectivity index (χ0n) is 10.2. The number of alkyl halides is 3. The quantitative estimate of drug-likeness (QED) is 0.591. The topological polar surface area (TPSA) is 69.2 Å². The van der Waals surface area contributed by atoms with Crippen molar-refractivity contribution in [1.82, 2.24) is 10.2 Å². The maximum atomic E-state index is 12.2. The molecule has 5 nitrogen and oxygen atoms in total. The standard InChI is InChI=1S/C11H8BrF3N2O3S/c12-9-3-1-7(2-4-9)8-5-10(17-16-6-8)20-21(18,19)11(13,14)15/h1,3-7H,2H2. The number of hydrogen-bond donors (Lipinski definition) is 0. The van der Waals surface area contributed by atoms with E-state index in [-0.39, 0.29) is 5.92 Å². The van der Waals surface area contributed by atoms with Crippen molar-refractivity contribution in [2.45, 2.75) is 17.8 Å². The van der Waals surface area contributed by atoms with E-state index < -0.39 is 21.5 Å². The molecule has 0 radical (unpaired) electrons. The van der Waals surface area contributed by atoms with Crippen molar-refractivity contribution in [2.24, 2.45) is 0 Å². The third kappa shape index (κ3) is 3.82. The van der Waals surface area contributed by atoms with Gasteiger partial charge in [0.2, 0.25) is 0 Å². The number of allylic oxidation sites excluding steroid dienone is 4. The van der Waals surface area contributed by atoms with Gasteiger partial charge in [-0.15, -0.1) is 5.10 Å². The van der Waals surface area contributed by atoms with Crippen LogP contribution in [0.5, 0.6) is 5.88 Å². The Labute approximate surface area is 126 Å². The third-order valence-electron chi connectivity index (χ3n) is 2.61. The summed E-state index contributed by atoms with van der Waals surface area (Å²) in [7, 11) is -5.75. The molecule has 1 aliphatic rings. The largest absolute Gasteiger partial charge is 0.534 e. The first-order valence-electron chi connectivity index (χ1n) is 5.56. The van der Waals surface area contributed by atoms with Crippen LogP contribution in [-0.4, -0.2) is 24.1 Å². The van der Waals surface area contributed by atoms with E-state index in [1.807, 2.05) is 12.2 Å². The molecular formula is C11H8BrF3N2O3S. The summed E-state index contributed by atoms with van der Waals surface area (Å²) < 4.78 is 63.3. The van der Waals surface area contributed by atoms with Crippen molar-refractivity contribution >= 4 is 26.0 Å². The molecule has 1 aliphatic carbocycles. The van der Waals surface area contributed by atoms with Crippen LogP contribution in [0, 0.1) is 0 Å². The molecule has 0 spiro atoms. The Balaban J connectivity index is 2.22. The van der Waals surface area contributed by atoms with Crippen molar-refractivity contribution in [3.63, 3.8) is 0 Å². The number of nitrogens with zero attached hydrogens (tertiary/aromatic N) is 2. The number of rotatable bonds is 3. The normalized spacial score (nSPS) is 19.2. The number of halogens is 4. The van der Waals surface area contributed by atoms with Crippen LogP contribution in [0.4, 0.5) is 13.2 Å². The summed E-state index contributed by atoms with van der Waals surface area (Å²) >= 11 is 3.28.